The van der Waals surface area contributed by atoms with Crippen LogP contribution in [0.15, 0.2) is 48.5 Å². The maximum Gasteiger partial charge on any atom is 0.292 e. The van der Waals surface area contributed by atoms with Crippen LogP contribution in [0.3, 0.4) is 0 Å². The molecule has 1 aliphatic heterocycles. The summed E-state index contributed by atoms with van der Waals surface area (Å²) >= 11 is 0. The molecule has 1 heterocycles. The smallest absolute Gasteiger partial charge is 0.292 e. The second-order valence-corrected chi connectivity index (χ2v) is 6.70. The van der Waals surface area contributed by atoms with E-state index in [0.717, 1.165) is 11.8 Å². The van der Waals surface area contributed by atoms with Gasteiger partial charge in [0.2, 0.25) is 5.91 Å². The molecule has 6 nitrogen and oxygen atoms in total. The molecule has 7 heteroatoms. The molecule has 0 saturated carbocycles. The van der Waals surface area contributed by atoms with E-state index >= 15 is 0 Å². The van der Waals surface area contributed by atoms with Crippen molar-refractivity contribution < 1.29 is 18.8 Å². The number of carbonyl (C=O) groups is 3. The summed E-state index contributed by atoms with van der Waals surface area (Å²) in [7, 11) is 0. The highest BCUT2D eigenvalue weighted by atomic mass is 19.1. The summed E-state index contributed by atoms with van der Waals surface area (Å²) in [5.74, 6) is -3.01. The van der Waals surface area contributed by atoms with Crippen molar-refractivity contribution in [3.8, 4) is 0 Å². The van der Waals surface area contributed by atoms with Crippen molar-refractivity contribution in [2.45, 2.75) is 6.92 Å². The third kappa shape index (κ3) is 4.54. The van der Waals surface area contributed by atoms with Gasteiger partial charge in [0, 0.05) is 31.9 Å². The van der Waals surface area contributed by atoms with Crippen LogP contribution in [0.25, 0.3) is 0 Å². The van der Waals surface area contributed by atoms with E-state index in [2.05, 4.69) is 16.3 Å². The molecule has 0 aliphatic carbocycles. The van der Waals surface area contributed by atoms with Crippen LogP contribution in [-0.4, -0.2) is 55.2 Å². The largest absolute Gasteiger partial charge is 0.368 e. The average Bonchev–Trinajstić information content (AvgIpc) is 2.71. The first-order valence-corrected chi connectivity index (χ1v) is 9.12. The van der Waals surface area contributed by atoms with Crippen molar-refractivity contribution in [3.05, 3.63) is 65.5 Å². The predicted molar refractivity (Wildman–Crippen MR) is 104 cm³/mol. The van der Waals surface area contributed by atoms with Crippen molar-refractivity contribution >= 4 is 23.3 Å². The van der Waals surface area contributed by atoms with Gasteiger partial charge in [-0.1, -0.05) is 24.3 Å². The van der Waals surface area contributed by atoms with Crippen molar-refractivity contribution in [3.63, 3.8) is 0 Å². The lowest BCUT2D eigenvalue weighted by Gasteiger charge is -2.36. The standard InChI is InChI=1S/C21H22FN3O3/c1-15-5-4-6-16(13-15)24-9-11-25(12-10-24)19(26)14-23-21(28)20(27)17-7-2-3-8-18(17)22/h2-8,13H,9-12,14H2,1H3,(H,23,28). The number of rotatable bonds is 5. The van der Waals surface area contributed by atoms with E-state index in [0.29, 0.717) is 26.2 Å². The van der Waals surface area contributed by atoms with E-state index in [1.165, 1.54) is 23.8 Å². The molecule has 1 N–H and O–H groups in total. The van der Waals surface area contributed by atoms with Gasteiger partial charge in [-0.3, -0.25) is 14.4 Å². The Labute approximate surface area is 162 Å². The van der Waals surface area contributed by atoms with Crippen LogP contribution >= 0.6 is 0 Å². The molecule has 0 unspecified atom stereocenters. The average molecular weight is 383 g/mol. The second-order valence-electron chi connectivity index (χ2n) is 6.70. The number of nitrogens with one attached hydrogen (secondary N) is 1. The molecular formula is C21H22FN3O3. The van der Waals surface area contributed by atoms with Gasteiger partial charge < -0.3 is 15.1 Å². The van der Waals surface area contributed by atoms with Crippen LogP contribution in [0.5, 0.6) is 0 Å². The normalized spacial score (nSPS) is 13.9. The zero-order chi connectivity index (χ0) is 20.1. The third-order valence-electron chi connectivity index (χ3n) is 4.72. The van der Waals surface area contributed by atoms with Gasteiger partial charge in [0.25, 0.3) is 11.7 Å². The molecule has 146 valence electrons. The number of piperazine rings is 1. The summed E-state index contributed by atoms with van der Waals surface area (Å²) in [5, 5.41) is 2.30. The molecule has 0 atom stereocenters. The molecule has 1 saturated heterocycles. The molecule has 2 amide bonds. The molecule has 2 aromatic rings. The summed E-state index contributed by atoms with van der Waals surface area (Å²) in [6.45, 7) is 4.19. The minimum atomic E-state index is -0.991. The first-order valence-electron chi connectivity index (χ1n) is 9.12. The molecule has 0 aromatic heterocycles. The number of benzene rings is 2. The number of Topliss-reactive ketones (excluding diaryl/α,β-unsaturated/α-hetero) is 1. The number of hydrogen-bond donors (Lipinski definition) is 1. The number of halogens is 1. The SMILES string of the molecule is Cc1cccc(N2CCN(C(=O)CNC(=O)C(=O)c3ccccc3F)CC2)c1. The van der Waals surface area contributed by atoms with Gasteiger partial charge >= 0.3 is 0 Å². The van der Waals surface area contributed by atoms with E-state index in [-0.39, 0.29) is 18.0 Å². The van der Waals surface area contributed by atoms with Crippen LogP contribution in [0.4, 0.5) is 10.1 Å². The zero-order valence-corrected chi connectivity index (χ0v) is 15.7. The summed E-state index contributed by atoms with van der Waals surface area (Å²) in [5.41, 5.74) is 1.99. The number of anilines is 1. The van der Waals surface area contributed by atoms with Crippen molar-refractivity contribution in [1.82, 2.24) is 10.2 Å². The molecule has 28 heavy (non-hydrogen) atoms. The van der Waals surface area contributed by atoms with E-state index in [4.69, 9.17) is 0 Å². The van der Waals surface area contributed by atoms with Crippen molar-refractivity contribution in [2.75, 3.05) is 37.6 Å². The lowest BCUT2D eigenvalue weighted by molar-refractivity contribution is -0.132. The first kappa shape index (κ1) is 19.5. The van der Waals surface area contributed by atoms with Gasteiger partial charge in [0.05, 0.1) is 12.1 Å². The fourth-order valence-electron chi connectivity index (χ4n) is 3.15. The maximum absolute atomic E-state index is 13.6. The first-order chi connectivity index (χ1) is 13.5. The molecular weight excluding hydrogens is 361 g/mol. The topological polar surface area (TPSA) is 69.7 Å². The Balaban J connectivity index is 1.49. The molecule has 0 spiro atoms. The molecule has 0 radical (unpaired) electrons. The highest BCUT2D eigenvalue weighted by Gasteiger charge is 2.24. The minimum absolute atomic E-state index is 0.265. The Morgan fingerprint density at radius 2 is 1.71 bits per heavy atom. The third-order valence-corrected chi connectivity index (χ3v) is 4.72. The molecule has 2 aromatic carbocycles. The maximum atomic E-state index is 13.6. The summed E-state index contributed by atoms with van der Waals surface area (Å²) in [6, 6.07) is 13.4. The van der Waals surface area contributed by atoms with Crippen LogP contribution in [-0.2, 0) is 9.59 Å². The van der Waals surface area contributed by atoms with Crippen LogP contribution in [0.2, 0.25) is 0 Å². The van der Waals surface area contributed by atoms with Gasteiger partial charge in [-0.15, -0.1) is 0 Å². The highest BCUT2D eigenvalue weighted by molar-refractivity contribution is 6.43. The van der Waals surface area contributed by atoms with Crippen molar-refractivity contribution in [2.24, 2.45) is 0 Å². The Kier molecular flexibility index (Phi) is 6.03. The second kappa shape index (κ2) is 8.65. The van der Waals surface area contributed by atoms with Gasteiger partial charge in [0.15, 0.2) is 0 Å². The Morgan fingerprint density at radius 1 is 1.00 bits per heavy atom. The highest BCUT2D eigenvalue weighted by Crippen LogP contribution is 2.17. The Bertz CT molecular complexity index is 892. The molecule has 1 fully saturated rings. The Hall–Kier alpha value is -3.22. The zero-order valence-electron chi connectivity index (χ0n) is 15.7. The van der Waals surface area contributed by atoms with Crippen LogP contribution < -0.4 is 10.2 Å². The number of carbonyl (C=O) groups excluding carboxylic acids is 3. The van der Waals surface area contributed by atoms with E-state index in [1.807, 2.05) is 25.1 Å². The molecule has 3 rings (SSSR count). The fourth-order valence-corrected chi connectivity index (χ4v) is 3.15. The molecule has 1 aliphatic rings. The lowest BCUT2D eigenvalue weighted by Crippen LogP contribution is -2.51. The quantitative estimate of drug-likeness (QED) is 0.631. The summed E-state index contributed by atoms with van der Waals surface area (Å²) < 4.78 is 13.6. The van der Waals surface area contributed by atoms with Crippen LogP contribution in [0.1, 0.15) is 15.9 Å². The summed E-state index contributed by atoms with van der Waals surface area (Å²) in [6.07, 6.45) is 0. The monoisotopic (exact) mass is 383 g/mol. The van der Waals surface area contributed by atoms with E-state index in [9.17, 15) is 18.8 Å². The fraction of sp³-hybridized carbons (Fsp3) is 0.286. The van der Waals surface area contributed by atoms with Crippen LogP contribution in [0, 0.1) is 12.7 Å². The van der Waals surface area contributed by atoms with Gasteiger partial charge in [-0.25, -0.2) is 4.39 Å². The van der Waals surface area contributed by atoms with Crippen molar-refractivity contribution in [1.29, 1.82) is 0 Å². The minimum Gasteiger partial charge on any atom is -0.368 e. The lowest BCUT2D eigenvalue weighted by atomic mass is 10.1. The van der Waals surface area contributed by atoms with E-state index < -0.39 is 17.5 Å². The number of hydrogen-bond acceptors (Lipinski definition) is 4. The van der Waals surface area contributed by atoms with Gasteiger partial charge in [-0.2, -0.15) is 0 Å². The number of aryl methyl sites for hydroxylation is 1. The summed E-state index contributed by atoms with van der Waals surface area (Å²) in [4.78, 5) is 40.1. The van der Waals surface area contributed by atoms with E-state index in [1.54, 1.807) is 4.90 Å². The predicted octanol–water partition coefficient (Wildman–Crippen LogP) is 1.78. The Morgan fingerprint density at radius 3 is 2.39 bits per heavy atom. The van der Waals surface area contributed by atoms with Gasteiger partial charge in [-0.05, 0) is 36.8 Å². The number of ketones is 1. The number of nitrogens with zero attached hydrogens (tertiary/aromatic N) is 2. The van der Waals surface area contributed by atoms with Gasteiger partial charge in [0.1, 0.15) is 5.82 Å². The number of amides is 2. The molecule has 0 bridgehead atoms.